The van der Waals surface area contributed by atoms with Crippen molar-refractivity contribution in [3.63, 3.8) is 0 Å². The van der Waals surface area contributed by atoms with Crippen LogP contribution in [0.5, 0.6) is 0 Å². The molecule has 1 unspecified atom stereocenters. The van der Waals surface area contributed by atoms with Gasteiger partial charge in [-0.05, 0) is 37.6 Å². The van der Waals surface area contributed by atoms with E-state index in [1.165, 1.54) is 12.1 Å². The predicted molar refractivity (Wildman–Crippen MR) is 75.8 cm³/mol. The van der Waals surface area contributed by atoms with Crippen LogP contribution in [-0.2, 0) is 0 Å². The second-order valence-electron chi connectivity index (χ2n) is 4.80. The molecular weight excluding hydrogens is 243 g/mol. The Morgan fingerprint density at radius 1 is 1.37 bits per heavy atom. The number of nitrogens with zero attached hydrogens (tertiary/aromatic N) is 1. The number of aliphatic hydroxyl groups excluding tert-OH is 1. The van der Waals surface area contributed by atoms with Crippen LogP contribution in [0.15, 0.2) is 24.3 Å². The predicted octanol–water partition coefficient (Wildman–Crippen LogP) is 3.26. The van der Waals surface area contributed by atoms with Crippen LogP contribution in [-0.4, -0.2) is 22.7 Å². The minimum absolute atomic E-state index is 0.282. The summed E-state index contributed by atoms with van der Waals surface area (Å²) in [6, 6.07) is 6.42. The maximum absolute atomic E-state index is 13.3. The van der Waals surface area contributed by atoms with Crippen molar-refractivity contribution < 1.29 is 9.50 Å². The fourth-order valence-electron chi connectivity index (χ4n) is 2.14. The number of aliphatic hydroxyl groups is 1. The molecule has 0 spiro atoms. The molecule has 1 aromatic carbocycles. The topological polar surface area (TPSA) is 45.1 Å². The molecule has 19 heavy (non-hydrogen) atoms. The maximum atomic E-state index is 13.3. The molecule has 0 bridgehead atoms. The van der Waals surface area contributed by atoms with Gasteiger partial charge < -0.3 is 10.4 Å². The van der Waals surface area contributed by atoms with Crippen LogP contribution in [0.25, 0.3) is 10.9 Å². The van der Waals surface area contributed by atoms with Crippen molar-refractivity contribution in [3.05, 3.63) is 35.8 Å². The van der Waals surface area contributed by atoms with Crippen LogP contribution in [0, 0.1) is 12.7 Å². The van der Waals surface area contributed by atoms with Crippen molar-refractivity contribution in [1.82, 2.24) is 4.98 Å². The highest BCUT2D eigenvalue weighted by molar-refractivity contribution is 5.91. The van der Waals surface area contributed by atoms with Crippen molar-refractivity contribution in [3.8, 4) is 0 Å². The van der Waals surface area contributed by atoms with Crippen LogP contribution >= 0.6 is 0 Å². The number of hydrogen-bond acceptors (Lipinski definition) is 3. The Bertz CT molecular complexity index is 571. The lowest BCUT2D eigenvalue weighted by Crippen LogP contribution is -2.19. The molecule has 0 saturated carbocycles. The van der Waals surface area contributed by atoms with Crippen LogP contribution in [0.2, 0.25) is 0 Å². The Morgan fingerprint density at radius 3 is 2.89 bits per heavy atom. The van der Waals surface area contributed by atoms with E-state index >= 15 is 0 Å². The van der Waals surface area contributed by atoms with Gasteiger partial charge in [-0.3, -0.25) is 4.98 Å². The van der Waals surface area contributed by atoms with Crippen molar-refractivity contribution >= 4 is 16.6 Å². The Morgan fingerprint density at radius 2 is 2.16 bits per heavy atom. The second-order valence-corrected chi connectivity index (χ2v) is 4.80. The number of benzene rings is 1. The smallest absolute Gasteiger partial charge is 0.124 e. The molecule has 0 amide bonds. The first-order valence-corrected chi connectivity index (χ1v) is 6.59. The number of anilines is 1. The summed E-state index contributed by atoms with van der Waals surface area (Å²) >= 11 is 0. The second kappa shape index (κ2) is 5.97. The molecule has 0 fully saturated rings. The Balaban J connectivity index is 2.28. The van der Waals surface area contributed by atoms with E-state index in [0.717, 1.165) is 35.1 Å². The van der Waals surface area contributed by atoms with E-state index in [0.29, 0.717) is 6.54 Å². The van der Waals surface area contributed by atoms with Gasteiger partial charge in [0.05, 0.1) is 11.6 Å². The Labute approximate surface area is 112 Å². The summed E-state index contributed by atoms with van der Waals surface area (Å²) in [4.78, 5) is 4.37. The average molecular weight is 262 g/mol. The van der Waals surface area contributed by atoms with Crippen LogP contribution < -0.4 is 5.32 Å². The first-order chi connectivity index (χ1) is 9.10. The van der Waals surface area contributed by atoms with Gasteiger partial charge in [0.2, 0.25) is 0 Å². The highest BCUT2D eigenvalue weighted by Gasteiger charge is 2.07. The van der Waals surface area contributed by atoms with Gasteiger partial charge in [-0.1, -0.05) is 13.3 Å². The van der Waals surface area contributed by atoms with Crippen LogP contribution in [0.3, 0.4) is 0 Å². The summed E-state index contributed by atoms with van der Waals surface area (Å²) in [5.74, 6) is -0.282. The molecule has 2 rings (SSSR count). The number of aromatic nitrogens is 1. The maximum Gasteiger partial charge on any atom is 0.124 e. The van der Waals surface area contributed by atoms with Gasteiger partial charge in [-0.25, -0.2) is 4.39 Å². The number of aryl methyl sites for hydroxylation is 1. The molecule has 0 radical (unpaired) electrons. The number of rotatable bonds is 5. The minimum atomic E-state index is -0.387. The number of pyridine rings is 1. The minimum Gasteiger partial charge on any atom is -0.391 e. The summed E-state index contributed by atoms with van der Waals surface area (Å²) in [6.45, 7) is 4.39. The molecule has 0 aliphatic carbocycles. The fourth-order valence-corrected chi connectivity index (χ4v) is 2.14. The summed E-state index contributed by atoms with van der Waals surface area (Å²) in [5.41, 5.74) is 2.44. The fraction of sp³-hybridized carbons (Fsp3) is 0.400. The number of fused-ring (bicyclic) bond motifs is 1. The van der Waals surface area contributed by atoms with Gasteiger partial charge in [-0.15, -0.1) is 0 Å². The van der Waals surface area contributed by atoms with E-state index in [-0.39, 0.29) is 11.9 Å². The third kappa shape index (κ3) is 3.41. The molecule has 1 aromatic heterocycles. The highest BCUT2D eigenvalue weighted by atomic mass is 19.1. The van der Waals surface area contributed by atoms with E-state index < -0.39 is 0 Å². The zero-order valence-corrected chi connectivity index (χ0v) is 11.3. The lowest BCUT2D eigenvalue weighted by Gasteiger charge is -2.14. The van der Waals surface area contributed by atoms with Crippen LogP contribution in [0.4, 0.5) is 10.1 Å². The molecule has 0 aliphatic rings. The third-order valence-corrected chi connectivity index (χ3v) is 3.05. The molecule has 1 heterocycles. The normalized spacial score (nSPS) is 12.6. The molecule has 3 nitrogen and oxygen atoms in total. The molecule has 0 aliphatic heterocycles. The van der Waals surface area contributed by atoms with E-state index in [4.69, 9.17) is 0 Å². The first-order valence-electron chi connectivity index (χ1n) is 6.59. The lowest BCUT2D eigenvalue weighted by molar-refractivity contribution is 0.176. The van der Waals surface area contributed by atoms with E-state index in [1.807, 2.05) is 19.9 Å². The summed E-state index contributed by atoms with van der Waals surface area (Å²) < 4.78 is 13.3. The van der Waals surface area contributed by atoms with Gasteiger partial charge in [0, 0.05) is 23.3 Å². The first kappa shape index (κ1) is 13.7. The zero-order chi connectivity index (χ0) is 13.8. The van der Waals surface area contributed by atoms with E-state index in [2.05, 4.69) is 10.3 Å². The number of halogens is 1. The number of hydrogen-bond donors (Lipinski definition) is 2. The van der Waals surface area contributed by atoms with E-state index in [1.54, 1.807) is 6.07 Å². The highest BCUT2D eigenvalue weighted by Crippen LogP contribution is 2.24. The quantitative estimate of drug-likeness (QED) is 0.869. The monoisotopic (exact) mass is 262 g/mol. The van der Waals surface area contributed by atoms with Gasteiger partial charge >= 0.3 is 0 Å². The van der Waals surface area contributed by atoms with Crippen molar-refractivity contribution in [2.45, 2.75) is 32.8 Å². The lowest BCUT2D eigenvalue weighted by atomic mass is 10.1. The standard InChI is InChI=1S/C15H19FN2O/c1-3-4-12(19)9-17-15-7-10(2)18-14-6-5-11(16)8-13(14)15/h5-8,12,19H,3-4,9H2,1-2H3,(H,17,18). The molecule has 2 N–H and O–H groups in total. The SMILES string of the molecule is CCCC(O)CNc1cc(C)nc2ccc(F)cc12. The molecule has 4 heteroatoms. The van der Waals surface area contributed by atoms with Crippen LogP contribution in [0.1, 0.15) is 25.5 Å². The molecule has 2 aromatic rings. The molecule has 0 saturated heterocycles. The average Bonchev–Trinajstić information content (AvgIpc) is 2.37. The summed E-state index contributed by atoms with van der Waals surface area (Å²) in [5, 5.41) is 13.7. The zero-order valence-electron chi connectivity index (χ0n) is 11.3. The van der Waals surface area contributed by atoms with Gasteiger partial charge in [0.25, 0.3) is 0 Å². The molecule has 1 atom stereocenters. The van der Waals surface area contributed by atoms with Crippen molar-refractivity contribution in [2.75, 3.05) is 11.9 Å². The third-order valence-electron chi connectivity index (χ3n) is 3.05. The summed E-state index contributed by atoms with van der Waals surface area (Å²) in [7, 11) is 0. The number of nitrogens with one attached hydrogen (secondary N) is 1. The van der Waals surface area contributed by atoms with E-state index in [9.17, 15) is 9.50 Å². The Hall–Kier alpha value is -1.68. The summed E-state index contributed by atoms with van der Waals surface area (Å²) in [6.07, 6.45) is 1.30. The molecular formula is C15H19FN2O. The van der Waals surface area contributed by atoms with Gasteiger partial charge in [0.1, 0.15) is 5.82 Å². The molecule has 102 valence electrons. The van der Waals surface area contributed by atoms with Gasteiger partial charge in [0.15, 0.2) is 0 Å². The van der Waals surface area contributed by atoms with Crippen molar-refractivity contribution in [1.29, 1.82) is 0 Å². The Kier molecular flexibility index (Phi) is 4.32. The van der Waals surface area contributed by atoms with Crippen molar-refractivity contribution in [2.24, 2.45) is 0 Å². The largest absolute Gasteiger partial charge is 0.391 e. The van der Waals surface area contributed by atoms with Gasteiger partial charge in [-0.2, -0.15) is 0 Å².